The van der Waals surface area contributed by atoms with Gasteiger partial charge in [0, 0.05) is 12.5 Å². The molecule has 0 N–H and O–H groups in total. The quantitative estimate of drug-likeness (QED) is 0.729. The molecule has 0 aliphatic rings. The Hall–Kier alpha value is -2.50. The van der Waals surface area contributed by atoms with Gasteiger partial charge in [-0.3, -0.25) is 4.79 Å². The van der Waals surface area contributed by atoms with Gasteiger partial charge in [0.25, 0.3) is 0 Å². The number of nitrogens with zero attached hydrogens (tertiary/aromatic N) is 4. The third-order valence-corrected chi connectivity index (χ3v) is 2.87. The lowest BCUT2D eigenvalue weighted by molar-refractivity contribution is -0.116. The van der Waals surface area contributed by atoms with Crippen LogP contribution in [0.2, 0.25) is 0 Å². The molecule has 0 aliphatic heterocycles. The van der Waals surface area contributed by atoms with E-state index in [9.17, 15) is 4.79 Å². The lowest BCUT2D eigenvalue weighted by Gasteiger charge is -2.03. The summed E-state index contributed by atoms with van der Waals surface area (Å²) in [5.74, 6) is 2.68. The molecule has 3 heterocycles. The summed E-state index contributed by atoms with van der Waals surface area (Å²) in [4.78, 5) is 20.1. The van der Waals surface area contributed by atoms with E-state index in [0.717, 1.165) is 5.76 Å². The van der Waals surface area contributed by atoms with Crippen LogP contribution >= 0.6 is 0 Å². The van der Waals surface area contributed by atoms with Crippen molar-refractivity contribution in [1.82, 2.24) is 19.6 Å². The summed E-state index contributed by atoms with van der Waals surface area (Å²) in [6, 6.07) is 5.48. The van der Waals surface area contributed by atoms with Gasteiger partial charge in [-0.2, -0.15) is 4.52 Å². The van der Waals surface area contributed by atoms with Gasteiger partial charge in [-0.05, 0) is 32.9 Å². The van der Waals surface area contributed by atoms with Crippen molar-refractivity contribution >= 4 is 11.4 Å². The number of aromatic nitrogens is 4. The number of hydrogen-bond donors (Lipinski definition) is 0. The van der Waals surface area contributed by atoms with Gasteiger partial charge in [0.05, 0.1) is 5.69 Å². The van der Waals surface area contributed by atoms with Gasteiger partial charge in [-0.1, -0.05) is 0 Å². The zero-order valence-corrected chi connectivity index (χ0v) is 11.5. The maximum Gasteiger partial charge on any atom is 0.199 e. The Balaban J connectivity index is 2.24. The minimum atomic E-state index is 0.0552. The molecule has 0 saturated heterocycles. The molecule has 0 aromatic carbocycles. The number of Topliss-reactive ketones (excluding diaryl/α,β-unsaturated/α-hetero) is 1. The molecule has 0 atom stereocenters. The fraction of sp³-hybridized carbons (Fsp3) is 0.286. The van der Waals surface area contributed by atoms with E-state index >= 15 is 0 Å². The molecule has 3 rings (SSSR count). The second-order valence-corrected chi connectivity index (χ2v) is 4.79. The second kappa shape index (κ2) is 4.56. The zero-order chi connectivity index (χ0) is 14.3. The van der Waals surface area contributed by atoms with Gasteiger partial charge in [-0.15, -0.1) is 5.10 Å². The first-order chi connectivity index (χ1) is 9.52. The summed E-state index contributed by atoms with van der Waals surface area (Å²) in [6.07, 6.45) is 0.273. The molecule has 102 valence electrons. The number of carbonyl (C=O) groups excluding carboxylic acids is 1. The Morgan fingerprint density at radius 1 is 1.30 bits per heavy atom. The summed E-state index contributed by atoms with van der Waals surface area (Å²) in [7, 11) is 0. The maximum absolute atomic E-state index is 11.3. The minimum absolute atomic E-state index is 0.0552. The molecule has 0 saturated carbocycles. The first-order valence-corrected chi connectivity index (χ1v) is 6.32. The molecule has 0 aliphatic carbocycles. The van der Waals surface area contributed by atoms with Crippen LogP contribution in [0.15, 0.2) is 22.6 Å². The van der Waals surface area contributed by atoms with Crippen LogP contribution in [0.5, 0.6) is 0 Å². The third-order valence-electron chi connectivity index (χ3n) is 2.87. The van der Waals surface area contributed by atoms with Crippen LogP contribution in [-0.2, 0) is 11.2 Å². The number of carbonyl (C=O) groups is 1. The topological polar surface area (TPSA) is 73.3 Å². The molecule has 0 bridgehead atoms. The van der Waals surface area contributed by atoms with Crippen molar-refractivity contribution in [3.8, 4) is 11.6 Å². The van der Waals surface area contributed by atoms with E-state index in [4.69, 9.17) is 4.42 Å². The molecule has 0 radical (unpaired) electrons. The van der Waals surface area contributed by atoms with Crippen LogP contribution in [0.3, 0.4) is 0 Å². The maximum atomic E-state index is 11.3. The number of hydrogen-bond acceptors (Lipinski definition) is 5. The van der Waals surface area contributed by atoms with E-state index in [1.165, 1.54) is 6.92 Å². The van der Waals surface area contributed by atoms with Crippen LogP contribution in [0.4, 0.5) is 0 Å². The Morgan fingerprint density at radius 2 is 2.10 bits per heavy atom. The second-order valence-electron chi connectivity index (χ2n) is 4.79. The normalized spacial score (nSPS) is 11.2. The molecule has 0 fully saturated rings. The lowest BCUT2D eigenvalue weighted by atomic mass is 10.2. The Labute approximate surface area is 115 Å². The van der Waals surface area contributed by atoms with Gasteiger partial charge >= 0.3 is 0 Å². The van der Waals surface area contributed by atoms with E-state index in [2.05, 4.69) is 15.1 Å². The van der Waals surface area contributed by atoms with Gasteiger partial charge in [0.15, 0.2) is 17.2 Å². The average Bonchev–Trinajstić information content (AvgIpc) is 2.92. The Kier molecular flexibility index (Phi) is 2.85. The molecular weight excluding hydrogens is 256 g/mol. The Morgan fingerprint density at radius 3 is 2.75 bits per heavy atom. The van der Waals surface area contributed by atoms with Gasteiger partial charge in [0.1, 0.15) is 17.4 Å². The van der Waals surface area contributed by atoms with Crippen molar-refractivity contribution in [2.75, 3.05) is 0 Å². The largest absolute Gasteiger partial charge is 0.458 e. The highest BCUT2D eigenvalue weighted by molar-refractivity contribution is 5.78. The predicted molar refractivity (Wildman–Crippen MR) is 72.3 cm³/mol. The SMILES string of the molecule is CC(=O)Cc1cc2nc(C)nn2c(-c2ccc(C)o2)n1. The van der Waals surface area contributed by atoms with E-state index in [1.54, 1.807) is 10.6 Å². The molecule has 0 unspecified atom stereocenters. The van der Waals surface area contributed by atoms with Crippen LogP contribution in [-0.4, -0.2) is 25.4 Å². The minimum Gasteiger partial charge on any atom is -0.458 e. The standard InChI is InChI=1S/C14H14N4O2/c1-8(19)6-11-7-13-15-10(3)17-18(13)14(16-11)12-5-4-9(2)20-12/h4-5,7H,6H2,1-3H3. The third kappa shape index (κ3) is 2.20. The molecule has 0 amide bonds. The summed E-state index contributed by atoms with van der Waals surface area (Å²) in [5, 5.41) is 4.32. The summed E-state index contributed by atoms with van der Waals surface area (Å²) < 4.78 is 7.25. The van der Waals surface area contributed by atoms with E-state index in [-0.39, 0.29) is 12.2 Å². The average molecular weight is 270 g/mol. The first kappa shape index (κ1) is 12.5. The molecule has 20 heavy (non-hydrogen) atoms. The zero-order valence-electron chi connectivity index (χ0n) is 11.5. The van der Waals surface area contributed by atoms with E-state index in [0.29, 0.717) is 28.8 Å². The number of furan rings is 1. The van der Waals surface area contributed by atoms with Crippen molar-refractivity contribution in [2.45, 2.75) is 27.2 Å². The fourth-order valence-electron chi connectivity index (χ4n) is 2.11. The smallest absolute Gasteiger partial charge is 0.199 e. The highest BCUT2D eigenvalue weighted by Gasteiger charge is 2.14. The highest BCUT2D eigenvalue weighted by Crippen LogP contribution is 2.21. The van der Waals surface area contributed by atoms with E-state index in [1.807, 2.05) is 26.0 Å². The van der Waals surface area contributed by atoms with Crippen molar-refractivity contribution < 1.29 is 9.21 Å². The van der Waals surface area contributed by atoms with Crippen molar-refractivity contribution in [3.63, 3.8) is 0 Å². The van der Waals surface area contributed by atoms with E-state index < -0.39 is 0 Å². The van der Waals surface area contributed by atoms with Crippen molar-refractivity contribution in [2.24, 2.45) is 0 Å². The molecule has 6 nitrogen and oxygen atoms in total. The summed E-state index contributed by atoms with van der Waals surface area (Å²) in [6.45, 7) is 5.22. The molecule has 3 aromatic rings. The van der Waals surface area contributed by atoms with Crippen LogP contribution < -0.4 is 0 Å². The summed E-state index contributed by atoms with van der Waals surface area (Å²) >= 11 is 0. The predicted octanol–water partition coefficient (Wildman–Crippen LogP) is 2.13. The fourth-order valence-corrected chi connectivity index (χ4v) is 2.11. The summed E-state index contributed by atoms with van der Waals surface area (Å²) in [5.41, 5.74) is 1.33. The molecular formula is C14H14N4O2. The van der Waals surface area contributed by atoms with Crippen LogP contribution in [0.25, 0.3) is 17.2 Å². The first-order valence-electron chi connectivity index (χ1n) is 6.32. The monoisotopic (exact) mass is 270 g/mol. The highest BCUT2D eigenvalue weighted by atomic mass is 16.3. The van der Waals surface area contributed by atoms with Crippen LogP contribution in [0, 0.1) is 13.8 Å². The lowest BCUT2D eigenvalue weighted by Crippen LogP contribution is -2.05. The van der Waals surface area contributed by atoms with Gasteiger partial charge < -0.3 is 4.42 Å². The molecule has 6 heteroatoms. The molecule has 0 spiro atoms. The number of fused-ring (bicyclic) bond motifs is 1. The number of ketones is 1. The molecule has 3 aromatic heterocycles. The van der Waals surface area contributed by atoms with Crippen molar-refractivity contribution in [3.05, 3.63) is 35.5 Å². The van der Waals surface area contributed by atoms with Crippen LogP contribution in [0.1, 0.15) is 24.2 Å². The number of rotatable bonds is 3. The van der Waals surface area contributed by atoms with Gasteiger partial charge in [-0.25, -0.2) is 9.97 Å². The van der Waals surface area contributed by atoms with Gasteiger partial charge in [0.2, 0.25) is 0 Å². The number of aryl methyl sites for hydroxylation is 2. The van der Waals surface area contributed by atoms with Crippen molar-refractivity contribution in [1.29, 1.82) is 0 Å². The Bertz CT molecular complexity index is 801.